The summed E-state index contributed by atoms with van der Waals surface area (Å²) in [6.45, 7) is 0. The second-order valence-electron chi connectivity index (χ2n) is 5.28. The SMILES string of the molecule is O=C(CC1Nc2c(ccc(Cl)c2[N+](=O)[O-])OC1=O)c1ccc(Br)cc1. The van der Waals surface area contributed by atoms with E-state index in [0.717, 1.165) is 4.47 Å². The summed E-state index contributed by atoms with van der Waals surface area (Å²) in [4.78, 5) is 35.0. The number of hydrogen-bond acceptors (Lipinski definition) is 6. The van der Waals surface area contributed by atoms with Gasteiger partial charge in [0.1, 0.15) is 11.1 Å². The van der Waals surface area contributed by atoms with Gasteiger partial charge in [0.25, 0.3) is 0 Å². The summed E-state index contributed by atoms with van der Waals surface area (Å²) in [6.07, 6.45) is -0.205. The number of anilines is 1. The second-order valence-corrected chi connectivity index (χ2v) is 6.60. The van der Waals surface area contributed by atoms with Crippen molar-refractivity contribution in [3.05, 3.63) is 61.6 Å². The fourth-order valence-corrected chi connectivity index (χ4v) is 2.93. The second kappa shape index (κ2) is 6.81. The van der Waals surface area contributed by atoms with Crippen molar-refractivity contribution in [2.24, 2.45) is 0 Å². The van der Waals surface area contributed by atoms with E-state index in [9.17, 15) is 19.7 Å². The number of carbonyl (C=O) groups is 2. The Balaban J connectivity index is 1.87. The van der Waals surface area contributed by atoms with Crippen LogP contribution in [0.5, 0.6) is 5.75 Å². The molecular weight excluding hydrogens is 416 g/mol. The molecule has 0 bridgehead atoms. The van der Waals surface area contributed by atoms with Gasteiger partial charge in [0.2, 0.25) is 0 Å². The van der Waals surface area contributed by atoms with Crippen LogP contribution in [0.15, 0.2) is 40.9 Å². The summed E-state index contributed by atoms with van der Waals surface area (Å²) in [5, 5.41) is 13.9. The monoisotopic (exact) mass is 424 g/mol. The Morgan fingerprint density at radius 2 is 1.96 bits per heavy atom. The predicted molar refractivity (Wildman–Crippen MR) is 94.2 cm³/mol. The van der Waals surface area contributed by atoms with Crippen molar-refractivity contribution in [3.63, 3.8) is 0 Å². The van der Waals surface area contributed by atoms with Gasteiger partial charge in [-0.2, -0.15) is 0 Å². The summed E-state index contributed by atoms with van der Waals surface area (Å²) >= 11 is 9.14. The molecule has 1 aliphatic rings. The van der Waals surface area contributed by atoms with E-state index in [1.807, 2.05) is 0 Å². The highest BCUT2D eigenvalue weighted by Crippen LogP contribution is 2.42. The average molecular weight is 426 g/mol. The largest absolute Gasteiger partial charge is 0.422 e. The van der Waals surface area contributed by atoms with Gasteiger partial charge in [0.15, 0.2) is 17.2 Å². The maximum atomic E-state index is 12.3. The maximum Gasteiger partial charge on any atom is 0.334 e. The Kier molecular flexibility index (Phi) is 4.73. The first kappa shape index (κ1) is 17.4. The Morgan fingerprint density at radius 3 is 2.60 bits per heavy atom. The Labute approximate surface area is 155 Å². The molecule has 1 heterocycles. The molecule has 1 unspecified atom stereocenters. The number of nitro groups is 1. The number of carbonyl (C=O) groups excluding carboxylic acids is 2. The van der Waals surface area contributed by atoms with E-state index >= 15 is 0 Å². The van der Waals surface area contributed by atoms with E-state index in [4.69, 9.17) is 16.3 Å². The zero-order valence-electron chi connectivity index (χ0n) is 12.5. The quantitative estimate of drug-likeness (QED) is 0.261. The van der Waals surface area contributed by atoms with E-state index in [-0.39, 0.29) is 28.7 Å². The van der Waals surface area contributed by atoms with Gasteiger partial charge in [0.05, 0.1) is 4.92 Å². The summed E-state index contributed by atoms with van der Waals surface area (Å²) < 4.78 is 5.94. The average Bonchev–Trinajstić information content (AvgIpc) is 2.56. The molecule has 3 rings (SSSR count). The smallest absolute Gasteiger partial charge is 0.334 e. The minimum Gasteiger partial charge on any atom is -0.422 e. The zero-order chi connectivity index (χ0) is 18.1. The third-order valence-electron chi connectivity index (χ3n) is 3.64. The molecule has 2 aromatic carbocycles. The van der Waals surface area contributed by atoms with Gasteiger partial charge in [-0.1, -0.05) is 39.7 Å². The van der Waals surface area contributed by atoms with Crippen LogP contribution in [0.3, 0.4) is 0 Å². The predicted octanol–water partition coefficient (Wildman–Crippen LogP) is 3.98. The normalized spacial score (nSPS) is 15.8. The highest BCUT2D eigenvalue weighted by Gasteiger charge is 2.35. The maximum absolute atomic E-state index is 12.3. The van der Waals surface area contributed by atoms with Crippen molar-refractivity contribution in [1.29, 1.82) is 0 Å². The summed E-state index contributed by atoms with van der Waals surface area (Å²) in [6, 6.07) is 8.26. The molecule has 7 nitrogen and oxygen atoms in total. The third-order valence-corrected chi connectivity index (χ3v) is 4.48. The van der Waals surface area contributed by atoms with Gasteiger partial charge in [-0.3, -0.25) is 14.9 Å². The lowest BCUT2D eigenvalue weighted by Gasteiger charge is -2.25. The summed E-state index contributed by atoms with van der Waals surface area (Å²) in [5.74, 6) is -0.974. The fraction of sp³-hybridized carbons (Fsp3) is 0.125. The zero-order valence-corrected chi connectivity index (χ0v) is 14.8. The molecular formula is C16H10BrClN2O5. The number of fused-ring (bicyclic) bond motifs is 1. The van der Waals surface area contributed by atoms with Crippen molar-refractivity contribution in [1.82, 2.24) is 0 Å². The van der Waals surface area contributed by atoms with Crippen molar-refractivity contribution in [3.8, 4) is 5.75 Å². The van der Waals surface area contributed by atoms with Crippen LogP contribution in [-0.2, 0) is 4.79 Å². The van der Waals surface area contributed by atoms with Crippen molar-refractivity contribution >= 4 is 50.7 Å². The molecule has 128 valence electrons. The van der Waals surface area contributed by atoms with Gasteiger partial charge in [-0.25, -0.2) is 4.79 Å². The number of benzene rings is 2. The number of hydrogen-bond donors (Lipinski definition) is 1. The van der Waals surface area contributed by atoms with E-state index in [1.165, 1.54) is 12.1 Å². The Bertz CT molecular complexity index is 885. The molecule has 0 fully saturated rings. The van der Waals surface area contributed by atoms with Crippen LogP contribution >= 0.6 is 27.5 Å². The molecule has 9 heteroatoms. The lowest BCUT2D eigenvalue weighted by atomic mass is 10.0. The van der Waals surface area contributed by atoms with E-state index in [1.54, 1.807) is 24.3 Å². The van der Waals surface area contributed by atoms with Crippen LogP contribution in [0, 0.1) is 10.1 Å². The van der Waals surface area contributed by atoms with Crippen molar-refractivity contribution in [2.45, 2.75) is 12.5 Å². The number of rotatable bonds is 4. The van der Waals surface area contributed by atoms with Gasteiger partial charge >= 0.3 is 11.7 Å². The van der Waals surface area contributed by atoms with E-state index in [2.05, 4.69) is 21.2 Å². The van der Waals surface area contributed by atoms with Gasteiger partial charge < -0.3 is 10.1 Å². The summed E-state index contributed by atoms with van der Waals surface area (Å²) in [7, 11) is 0. The first-order valence-electron chi connectivity index (χ1n) is 7.10. The lowest BCUT2D eigenvalue weighted by Crippen LogP contribution is -2.39. The Morgan fingerprint density at radius 1 is 1.28 bits per heavy atom. The van der Waals surface area contributed by atoms with Crippen LogP contribution in [0.1, 0.15) is 16.8 Å². The van der Waals surface area contributed by atoms with Crippen LogP contribution in [0.2, 0.25) is 5.02 Å². The van der Waals surface area contributed by atoms with Crippen LogP contribution in [0.4, 0.5) is 11.4 Å². The molecule has 1 atom stereocenters. The number of esters is 1. The van der Waals surface area contributed by atoms with Crippen molar-refractivity contribution in [2.75, 3.05) is 5.32 Å². The van der Waals surface area contributed by atoms with Gasteiger partial charge in [-0.05, 0) is 24.3 Å². The number of ether oxygens (including phenoxy) is 1. The number of nitro benzene ring substituents is 1. The molecule has 1 aliphatic heterocycles. The number of ketones is 1. The third kappa shape index (κ3) is 3.49. The topological polar surface area (TPSA) is 98.5 Å². The van der Waals surface area contributed by atoms with Crippen LogP contribution in [0.25, 0.3) is 0 Å². The summed E-state index contributed by atoms with van der Waals surface area (Å²) in [5.41, 5.74) is 0.0163. The molecule has 0 saturated carbocycles. The molecule has 25 heavy (non-hydrogen) atoms. The number of nitrogens with one attached hydrogen (secondary N) is 1. The minimum atomic E-state index is -1.04. The number of halogens is 2. The van der Waals surface area contributed by atoms with Crippen LogP contribution < -0.4 is 10.1 Å². The highest BCUT2D eigenvalue weighted by atomic mass is 79.9. The van der Waals surface area contributed by atoms with Crippen LogP contribution in [-0.4, -0.2) is 22.7 Å². The lowest BCUT2D eigenvalue weighted by molar-refractivity contribution is -0.383. The molecule has 2 aromatic rings. The van der Waals surface area contributed by atoms with Gasteiger partial charge in [0, 0.05) is 16.5 Å². The molecule has 0 saturated heterocycles. The Hall–Kier alpha value is -2.45. The molecule has 0 spiro atoms. The molecule has 0 radical (unpaired) electrons. The van der Waals surface area contributed by atoms with Crippen molar-refractivity contribution < 1.29 is 19.2 Å². The number of Topliss-reactive ketones (excluding diaryl/α,β-unsaturated/α-hetero) is 1. The first-order chi connectivity index (χ1) is 11.9. The van der Waals surface area contributed by atoms with E-state index in [0.29, 0.717) is 5.56 Å². The molecule has 1 N–H and O–H groups in total. The molecule has 0 amide bonds. The van der Waals surface area contributed by atoms with Gasteiger partial charge in [-0.15, -0.1) is 0 Å². The number of nitrogens with zero attached hydrogens (tertiary/aromatic N) is 1. The standard InChI is InChI=1S/C16H10BrClN2O5/c17-9-3-1-8(2-4-9)12(21)7-11-16(22)25-13-6-5-10(18)15(20(23)24)14(13)19-11/h1-6,11,19H,7H2. The highest BCUT2D eigenvalue weighted by molar-refractivity contribution is 9.10. The fourth-order valence-electron chi connectivity index (χ4n) is 2.44. The van der Waals surface area contributed by atoms with E-state index < -0.39 is 22.6 Å². The minimum absolute atomic E-state index is 0.00782. The molecule has 0 aliphatic carbocycles. The molecule has 0 aromatic heterocycles. The first-order valence-corrected chi connectivity index (χ1v) is 8.28.